The van der Waals surface area contributed by atoms with Gasteiger partial charge in [0.05, 0.1) is 5.39 Å². The van der Waals surface area contributed by atoms with E-state index in [4.69, 9.17) is 20.2 Å². The molecule has 7 heteroatoms. The molecular formula is C19H19N3O2S2. The van der Waals surface area contributed by atoms with Gasteiger partial charge in [-0.25, -0.2) is 9.97 Å². The highest BCUT2D eigenvalue weighted by atomic mass is 32.2. The van der Waals surface area contributed by atoms with Crippen LogP contribution in [0.2, 0.25) is 0 Å². The molecule has 1 aromatic carbocycles. The molecule has 5 nitrogen and oxygen atoms in total. The monoisotopic (exact) mass is 385 g/mol. The van der Waals surface area contributed by atoms with Gasteiger partial charge in [-0.3, -0.25) is 0 Å². The van der Waals surface area contributed by atoms with E-state index in [9.17, 15) is 0 Å². The van der Waals surface area contributed by atoms with E-state index in [0.717, 1.165) is 56.9 Å². The van der Waals surface area contributed by atoms with Gasteiger partial charge in [0, 0.05) is 10.6 Å². The third-order valence-corrected chi connectivity index (χ3v) is 7.03. The number of hydrogen-bond acceptors (Lipinski definition) is 7. The van der Waals surface area contributed by atoms with Crippen LogP contribution < -0.4 is 15.2 Å². The van der Waals surface area contributed by atoms with Gasteiger partial charge in [0.15, 0.2) is 16.7 Å². The Balaban J connectivity index is 1.41. The summed E-state index contributed by atoms with van der Waals surface area (Å²) in [5, 5.41) is 1.82. The second-order valence-corrected chi connectivity index (χ2v) is 8.93. The summed E-state index contributed by atoms with van der Waals surface area (Å²) in [5.74, 6) is 3.74. The van der Waals surface area contributed by atoms with Gasteiger partial charge in [0.1, 0.15) is 10.6 Å². The minimum Gasteiger partial charge on any atom is -0.454 e. The van der Waals surface area contributed by atoms with Crippen LogP contribution >= 0.6 is 23.1 Å². The molecule has 0 bridgehead atoms. The molecule has 2 aliphatic rings. The summed E-state index contributed by atoms with van der Waals surface area (Å²) in [6.45, 7) is 2.61. The Morgan fingerprint density at radius 2 is 2.15 bits per heavy atom. The molecule has 1 aliphatic heterocycles. The number of nitrogen functional groups attached to an aromatic ring is 1. The van der Waals surface area contributed by atoms with Crippen molar-refractivity contribution in [1.29, 1.82) is 0 Å². The average Bonchev–Trinajstić information content (AvgIpc) is 3.22. The second kappa shape index (κ2) is 6.32. The minimum atomic E-state index is 0.296. The number of benzene rings is 1. The van der Waals surface area contributed by atoms with Crippen LogP contribution in [0.25, 0.3) is 10.2 Å². The molecule has 0 saturated heterocycles. The quantitative estimate of drug-likeness (QED) is 0.532. The van der Waals surface area contributed by atoms with Crippen LogP contribution in [0, 0.1) is 5.92 Å². The maximum Gasteiger partial charge on any atom is 0.231 e. The van der Waals surface area contributed by atoms with Crippen molar-refractivity contribution in [2.45, 2.75) is 37.1 Å². The van der Waals surface area contributed by atoms with Crippen LogP contribution in [0.1, 0.15) is 29.3 Å². The molecular weight excluding hydrogens is 366 g/mol. The van der Waals surface area contributed by atoms with E-state index in [2.05, 4.69) is 11.9 Å². The first-order chi connectivity index (χ1) is 12.7. The standard InChI is InChI=1S/C19H19N3O2S2/c1-10-2-4-12-15(6-10)26-18-16(12)17(20)21-19(22-18)25-8-11-3-5-13-14(7-11)24-9-23-13/h3,5,7,10H,2,4,6,8-9H2,1H3,(H2,20,21,22). The van der Waals surface area contributed by atoms with Gasteiger partial charge < -0.3 is 15.2 Å². The molecule has 26 heavy (non-hydrogen) atoms. The molecule has 3 aromatic rings. The molecule has 0 radical (unpaired) electrons. The van der Waals surface area contributed by atoms with Crippen molar-refractivity contribution in [3.05, 3.63) is 34.2 Å². The van der Waals surface area contributed by atoms with Gasteiger partial charge in [-0.1, -0.05) is 24.8 Å². The highest BCUT2D eigenvalue weighted by molar-refractivity contribution is 7.98. The highest BCUT2D eigenvalue weighted by Gasteiger charge is 2.23. The Morgan fingerprint density at radius 3 is 3.08 bits per heavy atom. The maximum atomic E-state index is 6.31. The smallest absolute Gasteiger partial charge is 0.231 e. The van der Waals surface area contributed by atoms with Crippen LogP contribution in [-0.4, -0.2) is 16.8 Å². The SMILES string of the molecule is CC1CCc2c(sc3nc(SCc4ccc5c(c4)OCO5)nc(N)c23)C1. The van der Waals surface area contributed by atoms with Gasteiger partial charge in [-0.15, -0.1) is 11.3 Å². The number of thiophene rings is 1. The van der Waals surface area contributed by atoms with E-state index in [1.165, 1.54) is 16.9 Å². The summed E-state index contributed by atoms with van der Waals surface area (Å²) < 4.78 is 10.8. The predicted octanol–water partition coefficient (Wildman–Crippen LogP) is 4.42. The fourth-order valence-corrected chi connectivity index (χ4v) is 5.84. The van der Waals surface area contributed by atoms with Crippen molar-refractivity contribution in [1.82, 2.24) is 9.97 Å². The molecule has 0 amide bonds. The largest absolute Gasteiger partial charge is 0.454 e. The number of aryl methyl sites for hydroxylation is 1. The van der Waals surface area contributed by atoms with Crippen molar-refractivity contribution in [2.24, 2.45) is 5.92 Å². The summed E-state index contributed by atoms with van der Waals surface area (Å²) in [4.78, 5) is 11.8. The first-order valence-electron chi connectivity index (χ1n) is 8.76. The zero-order chi connectivity index (χ0) is 17.7. The highest BCUT2D eigenvalue weighted by Crippen LogP contribution is 2.40. The number of hydrogen-bond donors (Lipinski definition) is 1. The van der Waals surface area contributed by atoms with Crippen molar-refractivity contribution >= 4 is 39.1 Å². The van der Waals surface area contributed by atoms with Gasteiger partial charge in [-0.05, 0) is 48.4 Å². The lowest BCUT2D eigenvalue weighted by atomic mass is 9.89. The summed E-state index contributed by atoms with van der Waals surface area (Å²) in [5.41, 5.74) is 8.84. The first-order valence-corrected chi connectivity index (χ1v) is 10.6. The third-order valence-electron chi connectivity index (χ3n) is 4.97. The zero-order valence-corrected chi connectivity index (χ0v) is 16.1. The van der Waals surface area contributed by atoms with Gasteiger partial charge >= 0.3 is 0 Å². The molecule has 5 rings (SSSR count). The molecule has 1 atom stereocenters. The molecule has 2 aromatic heterocycles. The van der Waals surface area contributed by atoms with Crippen molar-refractivity contribution < 1.29 is 9.47 Å². The van der Waals surface area contributed by atoms with E-state index < -0.39 is 0 Å². The minimum absolute atomic E-state index is 0.296. The van der Waals surface area contributed by atoms with Crippen LogP contribution in [0.15, 0.2) is 23.4 Å². The van der Waals surface area contributed by atoms with E-state index in [1.807, 2.05) is 18.2 Å². The number of ether oxygens (including phenoxy) is 2. The van der Waals surface area contributed by atoms with Crippen LogP contribution in [0.5, 0.6) is 11.5 Å². The molecule has 0 fully saturated rings. The lowest BCUT2D eigenvalue weighted by Crippen LogP contribution is -2.09. The summed E-state index contributed by atoms with van der Waals surface area (Å²) in [6.07, 6.45) is 3.45. The van der Waals surface area contributed by atoms with Crippen molar-refractivity contribution in [3.8, 4) is 11.5 Å². The van der Waals surface area contributed by atoms with E-state index >= 15 is 0 Å². The predicted molar refractivity (Wildman–Crippen MR) is 105 cm³/mol. The number of fused-ring (bicyclic) bond motifs is 4. The lowest BCUT2D eigenvalue weighted by Gasteiger charge is -2.17. The summed E-state index contributed by atoms with van der Waals surface area (Å²) in [7, 11) is 0. The van der Waals surface area contributed by atoms with Crippen LogP contribution in [0.3, 0.4) is 0 Å². The number of aromatic nitrogens is 2. The van der Waals surface area contributed by atoms with E-state index in [1.54, 1.807) is 23.1 Å². The third kappa shape index (κ3) is 2.79. The van der Waals surface area contributed by atoms with Gasteiger partial charge in [0.25, 0.3) is 0 Å². The van der Waals surface area contributed by atoms with Gasteiger partial charge in [-0.2, -0.15) is 0 Å². The van der Waals surface area contributed by atoms with Crippen molar-refractivity contribution in [3.63, 3.8) is 0 Å². The summed E-state index contributed by atoms with van der Waals surface area (Å²) in [6, 6.07) is 6.02. The first kappa shape index (κ1) is 16.2. The number of nitrogens with two attached hydrogens (primary N) is 1. The van der Waals surface area contributed by atoms with E-state index in [0.29, 0.717) is 12.6 Å². The normalized spacial score (nSPS) is 18.3. The lowest BCUT2D eigenvalue weighted by molar-refractivity contribution is 0.174. The molecule has 0 saturated carbocycles. The van der Waals surface area contributed by atoms with Crippen molar-refractivity contribution in [2.75, 3.05) is 12.5 Å². The molecule has 2 N–H and O–H groups in total. The van der Waals surface area contributed by atoms with Gasteiger partial charge in [0.2, 0.25) is 6.79 Å². The Kier molecular flexibility index (Phi) is 3.94. The fraction of sp³-hybridized carbons (Fsp3) is 0.368. The molecule has 3 heterocycles. The Morgan fingerprint density at radius 1 is 1.27 bits per heavy atom. The summed E-state index contributed by atoms with van der Waals surface area (Å²) >= 11 is 3.39. The second-order valence-electron chi connectivity index (χ2n) is 6.90. The number of rotatable bonds is 3. The Bertz CT molecular complexity index is 1000. The van der Waals surface area contributed by atoms with Crippen LogP contribution in [0.4, 0.5) is 5.82 Å². The van der Waals surface area contributed by atoms with Crippen LogP contribution in [-0.2, 0) is 18.6 Å². The molecule has 0 spiro atoms. The molecule has 1 unspecified atom stereocenters. The Labute approximate surface area is 159 Å². The molecule has 1 aliphatic carbocycles. The zero-order valence-electron chi connectivity index (χ0n) is 14.4. The molecule has 134 valence electrons. The Hall–Kier alpha value is -1.99. The number of nitrogens with zero attached hydrogens (tertiary/aromatic N) is 2. The number of thioether (sulfide) groups is 1. The average molecular weight is 386 g/mol. The van der Waals surface area contributed by atoms with E-state index in [-0.39, 0.29) is 0 Å². The maximum absolute atomic E-state index is 6.31. The topological polar surface area (TPSA) is 70.3 Å². The fourth-order valence-electron chi connectivity index (χ4n) is 3.59. The number of anilines is 1.